The maximum absolute atomic E-state index is 10.7. The number of hydrogen-bond acceptors (Lipinski definition) is 4. The molecule has 0 spiro atoms. The van der Waals surface area contributed by atoms with Gasteiger partial charge in [-0.2, -0.15) is 0 Å². The Balaban J connectivity index is 2.23. The van der Waals surface area contributed by atoms with Gasteiger partial charge in [-0.1, -0.05) is 0 Å². The number of nitrogens with two attached hydrogens (primary N) is 1. The van der Waals surface area contributed by atoms with E-state index in [0.29, 0.717) is 23.6 Å². The number of aromatic nitrogens is 1. The third kappa shape index (κ3) is 1.90. The minimum absolute atomic E-state index is 0.277. The number of carbonyl (C=O) groups is 1. The minimum Gasteiger partial charge on any atom is -0.488 e. The maximum atomic E-state index is 10.7. The Bertz CT molecular complexity index is 348. The van der Waals surface area contributed by atoms with Crippen molar-refractivity contribution < 1.29 is 9.53 Å². The number of rotatable bonds is 4. The minimum atomic E-state index is 0.277. The lowest BCUT2D eigenvalue weighted by Crippen LogP contribution is -2.04. The van der Waals surface area contributed by atoms with E-state index >= 15 is 0 Å². The molecular formula is C10H12N2O2. The quantitative estimate of drug-likeness (QED) is 0.719. The van der Waals surface area contributed by atoms with Crippen LogP contribution in [0.2, 0.25) is 0 Å². The molecule has 1 heterocycles. The Morgan fingerprint density at radius 1 is 1.64 bits per heavy atom. The zero-order chi connectivity index (χ0) is 9.97. The highest BCUT2D eigenvalue weighted by Crippen LogP contribution is 2.28. The lowest BCUT2D eigenvalue weighted by molar-refractivity contribution is 0.111. The van der Waals surface area contributed by atoms with Gasteiger partial charge in [-0.15, -0.1) is 0 Å². The van der Waals surface area contributed by atoms with Crippen LogP contribution in [0.1, 0.15) is 28.9 Å². The molecular weight excluding hydrogens is 180 g/mol. The van der Waals surface area contributed by atoms with E-state index in [1.165, 1.54) is 0 Å². The molecule has 1 aromatic heterocycles. The van der Waals surface area contributed by atoms with Crippen LogP contribution in [0, 0.1) is 0 Å². The molecule has 1 aliphatic rings. The second kappa shape index (κ2) is 3.75. The zero-order valence-electron chi connectivity index (χ0n) is 7.77. The summed E-state index contributed by atoms with van der Waals surface area (Å²) in [6.45, 7) is 0.338. The van der Waals surface area contributed by atoms with Crippen molar-refractivity contribution in [2.24, 2.45) is 5.73 Å². The molecule has 0 aromatic carbocycles. The lowest BCUT2D eigenvalue weighted by atomic mass is 10.2. The average molecular weight is 192 g/mol. The van der Waals surface area contributed by atoms with Crippen LogP contribution in [0.4, 0.5) is 0 Å². The molecule has 14 heavy (non-hydrogen) atoms. The van der Waals surface area contributed by atoms with Gasteiger partial charge in [0, 0.05) is 6.54 Å². The molecule has 0 unspecified atom stereocenters. The monoisotopic (exact) mass is 192 g/mol. The molecule has 2 N–H and O–H groups in total. The van der Waals surface area contributed by atoms with Crippen molar-refractivity contribution in [3.05, 3.63) is 23.5 Å². The highest BCUT2D eigenvalue weighted by Gasteiger charge is 2.24. The maximum Gasteiger partial charge on any atom is 0.153 e. The summed E-state index contributed by atoms with van der Waals surface area (Å²) < 4.78 is 5.51. The second-order valence-electron chi connectivity index (χ2n) is 3.35. The van der Waals surface area contributed by atoms with Gasteiger partial charge >= 0.3 is 0 Å². The summed E-state index contributed by atoms with van der Waals surface area (Å²) in [5, 5.41) is 0. The first kappa shape index (κ1) is 9.15. The molecule has 1 aromatic rings. The fraction of sp³-hybridized carbons (Fsp3) is 0.400. The van der Waals surface area contributed by atoms with Crippen molar-refractivity contribution in [3.8, 4) is 5.75 Å². The van der Waals surface area contributed by atoms with Crippen LogP contribution in [0.15, 0.2) is 12.3 Å². The van der Waals surface area contributed by atoms with Gasteiger partial charge in [0.15, 0.2) is 6.29 Å². The summed E-state index contributed by atoms with van der Waals surface area (Å²) in [5.74, 6) is 0.569. The van der Waals surface area contributed by atoms with Gasteiger partial charge in [-0.25, -0.2) is 0 Å². The summed E-state index contributed by atoms with van der Waals surface area (Å²) in [6, 6.07) is 1.67. The Morgan fingerprint density at radius 2 is 2.43 bits per heavy atom. The molecule has 0 atom stereocenters. The summed E-state index contributed by atoms with van der Waals surface area (Å²) in [7, 11) is 0. The summed E-state index contributed by atoms with van der Waals surface area (Å²) in [4.78, 5) is 14.8. The fourth-order valence-electron chi connectivity index (χ4n) is 1.17. The van der Waals surface area contributed by atoms with Crippen molar-refractivity contribution in [1.82, 2.24) is 4.98 Å². The van der Waals surface area contributed by atoms with E-state index in [4.69, 9.17) is 10.5 Å². The predicted octanol–water partition coefficient (Wildman–Crippen LogP) is 0.894. The molecule has 0 aliphatic heterocycles. The van der Waals surface area contributed by atoms with E-state index in [2.05, 4.69) is 4.98 Å². The second-order valence-corrected chi connectivity index (χ2v) is 3.35. The van der Waals surface area contributed by atoms with Crippen LogP contribution >= 0.6 is 0 Å². The van der Waals surface area contributed by atoms with Crippen molar-refractivity contribution in [2.75, 3.05) is 0 Å². The third-order valence-electron chi connectivity index (χ3n) is 2.11. The van der Waals surface area contributed by atoms with E-state index < -0.39 is 0 Å². The fourth-order valence-corrected chi connectivity index (χ4v) is 1.17. The van der Waals surface area contributed by atoms with Gasteiger partial charge < -0.3 is 10.5 Å². The van der Waals surface area contributed by atoms with E-state index in [-0.39, 0.29) is 6.10 Å². The first-order chi connectivity index (χ1) is 6.83. The first-order valence-electron chi connectivity index (χ1n) is 4.64. The topological polar surface area (TPSA) is 65.2 Å². The molecule has 1 saturated carbocycles. The third-order valence-corrected chi connectivity index (χ3v) is 2.11. The highest BCUT2D eigenvalue weighted by molar-refractivity contribution is 5.79. The molecule has 1 fully saturated rings. The van der Waals surface area contributed by atoms with Gasteiger partial charge in [0.05, 0.1) is 23.6 Å². The van der Waals surface area contributed by atoms with Crippen molar-refractivity contribution >= 4 is 6.29 Å². The number of hydrogen-bond donors (Lipinski definition) is 1. The molecule has 1 aliphatic carbocycles. The van der Waals surface area contributed by atoms with Crippen LogP contribution in [0.3, 0.4) is 0 Å². The summed E-state index contributed by atoms with van der Waals surface area (Å²) in [5.41, 5.74) is 6.66. The van der Waals surface area contributed by atoms with Crippen LogP contribution in [-0.4, -0.2) is 17.4 Å². The van der Waals surface area contributed by atoms with E-state index in [0.717, 1.165) is 19.1 Å². The molecule has 4 nitrogen and oxygen atoms in total. The summed E-state index contributed by atoms with van der Waals surface area (Å²) >= 11 is 0. The molecule has 4 heteroatoms. The Hall–Kier alpha value is -1.42. The van der Waals surface area contributed by atoms with Crippen molar-refractivity contribution in [2.45, 2.75) is 25.5 Å². The van der Waals surface area contributed by atoms with Gasteiger partial charge in [-0.3, -0.25) is 9.78 Å². The lowest BCUT2D eigenvalue weighted by Gasteiger charge is -2.07. The standard InChI is InChI=1S/C10H12N2O2/c11-4-8-3-7(6-13)10(5-12-8)14-9-1-2-9/h3,5-6,9H,1-2,4,11H2. The van der Waals surface area contributed by atoms with Gasteiger partial charge in [0.25, 0.3) is 0 Å². The predicted molar refractivity (Wildman–Crippen MR) is 51.2 cm³/mol. The number of carbonyl (C=O) groups excluding carboxylic acids is 1. The molecule has 2 rings (SSSR count). The van der Waals surface area contributed by atoms with Crippen molar-refractivity contribution in [3.63, 3.8) is 0 Å². The van der Waals surface area contributed by atoms with E-state index in [9.17, 15) is 4.79 Å². The van der Waals surface area contributed by atoms with E-state index in [1.807, 2.05) is 0 Å². The number of ether oxygens (including phenoxy) is 1. The Labute approximate surface area is 82.1 Å². The molecule has 74 valence electrons. The zero-order valence-corrected chi connectivity index (χ0v) is 7.77. The van der Waals surface area contributed by atoms with Crippen LogP contribution < -0.4 is 10.5 Å². The smallest absolute Gasteiger partial charge is 0.153 e. The van der Waals surface area contributed by atoms with Crippen molar-refractivity contribution in [1.29, 1.82) is 0 Å². The van der Waals surface area contributed by atoms with Gasteiger partial charge in [0.2, 0.25) is 0 Å². The molecule has 0 amide bonds. The average Bonchev–Trinajstić information content (AvgIpc) is 3.02. The Kier molecular flexibility index (Phi) is 2.45. The largest absolute Gasteiger partial charge is 0.488 e. The Morgan fingerprint density at radius 3 is 3.00 bits per heavy atom. The van der Waals surface area contributed by atoms with Crippen LogP contribution in [-0.2, 0) is 6.54 Å². The van der Waals surface area contributed by atoms with Gasteiger partial charge in [-0.05, 0) is 18.9 Å². The molecule has 0 saturated heterocycles. The summed E-state index contributed by atoms with van der Waals surface area (Å²) in [6.07, 6.45) is 4.76. The first-order valence-corrected chi connectivity index (χ1v) is 4.64. The normalized spacial score (nSPS) is 15.2. The SMILES string of the molecule is NCc1cc(C=O)c(OC2CC2)cn1. The number of aldehydes is 1. The molecule has 0 bridgehead atoms. The number of nitrogens with zero attached hydrogens (tertiary/aromatic N) is 1. The van der Waals surface area contributed by atoms with Crippen LogP contribution in [0.25, 0.3) is 0 Å². The van der Waals surface area contributed by atoms with Crippen LogP contribution in [0.5, 0.6) is 5.75 Å². The van der Waals surface area contributed by atoms with E-state index in [1.54, 1.807) is 12.3 Å². The molecule has 0 radical (unpaired) electrons. The van der Waals surface area contributed by atoms with Gasteiger partial charge in [0.1, 0.15) is 5.75 Å². The highest BCUT2D eigenvalue weighted by atomic mass is 16.5. The number of pyridine rings is 1.